The third-order valence-electron chi connectivity index (χ3n) is 4.43. The van der Waals surface area contributed by atoms with Crippen molar-refractivity contribution >= 4 is 23.2 Å². The summed E-state index contributed by atoms with van der Waals surface area (Å²) >= 11 is 0. The van der Waals surface area contributed by atoms with E-state index < -0.39 is 29.0 Å². The number of amides is 2. The lowest BCUT2D eigenvalue weighted by Crippen LogP contribution is -3.11. The maximum absolute atomic E-state index is 13.7. The fraction of sp³-hybridized carbons (Fsp3) is 0.333. The summed E-state index contributed by atoms with van der Waals surface area (Å²) in [6, 6.07) is 7.46. The number of halogens is 3. The number of hydrogen-bond donors (Lipinski definition) is 3. The number of benzene rings is 2. The van der Waals surface area contributed by atoms with E-state index in [1.54, 1.807) is 7.05 Å². The molecule has 156 valence electrons. The van der Waals surface area contributed by atoms with Gasteiger partial charge in [0.2, 0.25) is 0 Å². The van der Waals surface area contributed by atoms with Crippen molar-refractivity contribution in [1.82, 2.24) is 0 Å². The summed E-state index contributed by atoms with van der Waals surface area (Å²) in [5.41, 5.74) is 2.26. The van der Waals surface area contributed by atoms with Crippen molar-refractivity contribution in [3.05, 3.63) is 58.9 Å². The van der Waals surface area contributed by atoms with E-state index in [0.29, 0.717) is 4.90 Å². The van der Waals surface area contributed by atoms with Gasteiger partial charge in [-0.2, -0.15) is 0 Å². The standard InChI is InChI=1S/C21H24F3N3O2/c1-12(2)14-7-5-6-13(3)21(14)26-18(29)11-27(4)10-17(28)25-16-9-8-15(22)19(23)20(16)24/h5-9,12H,10-11H2,1-4H3,(H,25,28)(H,26,29)/p+1. The molecule has 0 aliphatic carbocycles. The highest BCUT2D eigenvalue weighted by molar-refractivity contribution is 5.94. The van der Waals surface area contributed by atoms with Gasteiger partial charge in [0.25, 0.3) is 11.8 Å². The number of para-hydroxylation sites is 1. The van der Waals surface area contributed by atoms with Gasteiger partial charge < -0.3 is 15.5 Å². The van der Waals surface area contributed by atoms with Gasteiger partial charge in [-0.1, -0.05) is 32.0 Å². The van der Waals surface area contributed by atoms with Crippen LogP contribution in [0, 0.1) is 24.4 Å². The highest BCUT2D eigenvalue weighted by Crippen LogP contribution is 2.27. The molecule has 29 heavy (non-hydrogen) atoms. The Hall–Kier alpha value is -2.87. The fourth-order valence-electron chi connectivity index (χ4n) is 2.95. The molecule has 2 aromatic carbocycles. The van der Waals surface area contributed by atoms with Crippen molar-refractivity contribution in [2.45, 2.75) is 26.7 Å². The van der Waals surface area contributed by atoms with Gasteiger partial charge in [-0.15, -0.1) is 0 Å². The highest BCUT2D eigenvalue weighted by atomic mass is 19.2. The van der Waals surface area contributed by atoms with Gasteiger partial charge in [0.05, 0.1) is 12.7 Å². The van der Waals surface area contributed by atoms with E-state index in [-0.39, 0.29) is 24.9 Å². The lowest BCUT2D eigenvalue weighted by Gasteiger charge is -2.18. The predicted octanol–water partition coefficient (Wildman–Crippen LogP) is 2.63. The van der Waals surface area contributed by atoms with Crippen molar-refractivity contribution in [3.8, 4) is 0 Å². The van der Waals surface area contributed by atoms with Crippen molar-refractivity contribution in [3.63, 3.8) is 0 Å². The molecule has 0 bridgehead atoms. The summed E-state index contributed by atoms with van der Waals surface area (Å²) in [5, 5.41) is 5.09. The number of hydrogen-bond acceptors (Lipinski definition) is 2. The van der Waals surface area contributed by atoms with E-state index in [1.165, 1.54) is 0 Å². The van der Waals surface area contributed by atoms with E-state index in [4.69, 9.17) is 0 Å². The van der Waals surface area contributed by atoms with Gasteiger partial charge in [0.15, 0.2) is 30.5 Å². The van der Waals surface area contributed by atoms with Gasteiger partial charge in [-0.25, -0.2) is 13.2 Å². The lowest BCUT2D eigenvalue weighted by molar-refractivity contribution is -0.862. The molecule has 0 radical (unpaired) electrons. The molecule has 2 rings (SSSR count). The van der Waals surface area contributed by atoms with Crippen LogP contribution in [-0.2, 0) is 9.59 Å². The summed E-state index contributed by atoms with van der Waals surface area (Å²) in [6.07, 6.45) is 0. The van der Waals surface area contributed by atoms with Crippen LogP contribution in [0.1, 0.15) is 30.9 Å². The molecule has 2 amide bonds. The third-order valence-corrected chi connectivity index (χ3v) is 4.43. The zero-order chi connectivity index (χ0) is 21.7. The molecule has 0 spiro atoms. The number of rotatable bonds is 7. The molecule has 2 aromatic rings. The van der Waals surface area contributed by atoms with E-state index in [2.05, 4.69) is 10.6 Å². The molecule has 3 N–H and O–H groups in total. The van der Waals surface area contributed by atoms with Crippen molar-refractivity contribution < 1.29 is 27.7 Å². The highest BCUT2D eigenvalue weighted by Gasteiger charge is 2.19. The Morgan fingerprint density at radius 3 is 2.21 bits per heavy atom. The predicted molar refractivity (Wildman–Crippen MR) is 105 cm³/mol. The maximum Gasteiger partial charge on any atom is 0.279 e. The minimum Gasteiger partial charge on any atom is -0.322 e. The van der Waals surface area contributed by atoms with Gasteiger partial charge >= 0.3 is 0 Å². The Morgan fingerprint density at radius 2 is 1.59 bits per heavy atom. The summed E-state index contributed by atoms with van der Waals surface area (Å²) in [4.78, 5) is 25.0. The molecule has 0 saturated heterocycles. The summed E-state index contributed by atoms with van der Waals surface area (Å²) in [7, 11) is 1.63. The van der Waals surface area contributed by atoms with E-state index >= 15 is 0 Å². The van der Waals surface area contributed by atoms with Gasteiger partial charge in [-0.3, -0.25) is 9.59 Å². The first-order chi connectivity index (χ1) is 13.6. The SMILES string of the molecule is Cc1cccc(C(C)C)c1NC(=O)C[NH+](C)CC(=O)Nc1ccc(F)c(F)c1F. The molecule has 5 nitrogen and oxygen atoms in total. The largest absolute Gasteiger partial charge is 0.322 e. The normalized spacial score (nSPS) is 12.0. The molecular formula is C21H25F3N3O2+. The minimum atomic E-state index is -1.65. The number of carbonyl (C=O) groups excluding carboxylic acids is 2. The molecular weight excluding hydrogens is 383 g/mol. The Bertz CT molecular complexity index is 916. The number of nitrogens with one attached hydrogen (secondary N) is 3. The number of anilines is 2. The smallest absolute Gasteiger partial charge is 0.279 e. The molecule has 0 heterocycles. The first-order valence-corrected chi connectivity index (χ1v) is 9.24. The average molecular weight is 408 g/mol. The van der Waals surface area contributed by atoms with Gasteiger partial charge in [-0.05, 0) is 36.1 Å². The summed E-state index contributed by atoms with van der Waals surface area (Å²) in [5.74, 6) is -5.12. The first kappa shape index (κ1) is 22.4. The quantitative estimate of drug-likeness (QED) is 0.617. The topological polar surface area (TPSA) is 62.6 Å². The number of likely N-dealkylation sites (N-methyl/N-ethyl adjacent to an activating group) is 1. The van der Waals surface area contributed by atoms with Crippen LogP contribution in [-0.4, -0.2) is 32.0 Å². The summed E-state index contributed by atoms with van der Waals surface area (Å²) < 4.78 is 39.9. The second-order valence-corrected chi connectivity index (χ2v) is 7.32. The van der Waals surface area contributed by atoms with Crippen molar-refractivity contribution in [2.24, 2.45) is 0 Å². The third kappa shape index (κ3) is 5.80. The van der Waals surface area contributed by atoms with Crippen LogP contribution in [0.3, 0.4) is 0 Å². The van der Waals surface area contributed by atoms with Crippen LogP contribution in [0.15, 0.2) is 30.3 Å². The first-order valence-electron chi connectivity index (χ1n) is 9.24. The lowest BCUT2D eigenvalue weighted by atomic mass is 9.98. The van der Waals surface area contributed by atoms with E-state index in [0.717, 1.165) is 28.9 Å². The van der Waals surface area contributed by atoms with Gasteiger partial charge in [0.1, 0.15) is 0 Å². The van der Waals surface area contributed by atoms with Crippen LogP contribution in [0.5, 0.6) is 0 Å². The van der Waals surface area contributed by atoms with Gasteiger partial charge in [0, 0.05) is 5.69 Å². The Morgan fingerprint density at radius 1 is 0.966 bits per heavy atom. The van der Waals surface area contributed by atoms with Crippen LogP contribution in [0.2, 0.25) is 0 Å². The number of aryl methyl sites for hydroxylation is 1. The fourth-order valence-corrected chi connectivity index (χ4v) is 2.95. The molecule has 8 heteroatoms. The van der Waals surface area contributed by atoms with E-state index in [1.807, 2.05) is 39.0 Å². The Balaban J connectivity index is 1.96. The van der Waals surface area contributed by atoms with E-state index in [9.17, 15) is 22.8 Å². The Kier molecular flexibility index (Phi) is 7.39. The maximum atomic E-state index is 13.7. The minimum absolute atomic E-state index is 0.000446. The second kappa shape index (κ2) is 9.56. The molecule has 0 aromatic heterocycles. The molecule has 0 aliphatic heterocycles. The van der Waals surface area contributed by atoms with Crippen molar-refractivity contribution in [1.29, 1.82) is 0 Å². The second-order valence-electron chi connectivity index (χ2n) is 7.32. The molecule has 1 atom stereocenters. The summed E-state index contributed by atoms with van der Waals surface area (Å²) in [6.45, 7) is 5.81. The van der Waals surface area contributed by atoms with Crippen LogP contribution >= 0.6 is 0 Å². The zero-order valence-electron chi connectivity index (χ0n) is 16.8. The van der Waals surface area contributed by atoms with Crippen LogP contribution < -0.4 is 15.5 Å². The number of quaternary nitrogens is 1. The molecule has 0 aliphatic rings. The molecule has 0 fully saturated rings. The van der Waals surface area contributed by atoms with Crippen LogP contribution in [0.25, 0.3) is 0 Å². The van der Waals surface area contributed by atoms with Crippen molar-refractivity contribution in [2.75, 3.05) is 30.8 Å². The zero-order valence-corrected chi connectivity index (χ0v) is 16.8. The molecule has 0 saturated carbocycles. The average Bonchev–Trinajstić information content (AvgIpc) is 2.63. The molecule has 1 unspecified atom stereocenters. The Labute approximate surface area is 167 Å². The number of carbonyl (C=O) groups is 2. The van der Waals surface area contributed by atoms with Crippen LogP contribution in [0.4, 0.5) is 24.5 Å². The monoisotopic (exact) mass is 408 g/mol.